The Morgan fingerprint density at radius 2 is 2.25 bits per heavy atom. The lowest BCUT2D eigenvalue weighted by molar-refractivity contribution is -0.00900. The smallest absolute Gasteiger partial charge is 0.145 e. The minimum Gasteiger partial charge on any atom is -0.374 e. The molecule has 3 rings (SSSR count). The fourth-order valence-electron chi connectivity index (χ4n) is 3.24. The van der Waals surface area contributed by atoms with E-state index in [9.17, 15) is 0 Å². The number of hydrazine groups is 1. The molecule has 0 aromatic carbocycles. The van der Waals surface area contributed by atoms with E-state index < -0.39 is 0 Å². The van der Waals surface area contributed by atoms with Gasteiger partial charge in [0.2, 0.25) is 0 Å². The van der Waals surface area contributed by atoms with Gasteiger partial charge in [0.1, 0.15) is 17.5 Å². The largest absolute Gasteiger partial charge is 0.374 e. The number of morpholine rings is 1. The Kier molecular flexibility index (Phi) is 4.03. The summed E-state index contributed by atoms with van der Waals surface area (Å²) in [6.45, 7) is 3.73. The molecule has 110 valence electrons. The number of anilines is 2. The highest BCUT2D eigenvalue weighted by molar-refractivity contribution is 5.50. The molecule has 6 heteroatoms. The van der Waals surface area contributed by atoms with Gasteiger partial charge in [-0.05, 0) is 12.8 Å². The predicted octanol–water partition coefficient (Wildman–Crippen LogP) is 1.47. The summed E-state index contributed by atoms with van der Waals surface area (Å²) in [5.74, 6) is 8.01. The molecule has 3 N–H and O–H groups in total. The maximum absolute atomic E-state index is 5.92. The van der Waals surface area contributed by atoms with Crippen molar-refractivity contribution in [1.82, 2.24) is 9.97 Å². The van der Waals surface area contributed by atoms with Crippen LogP contribution in [0.1, 0.15) is 38.4 Å². The molecule has 6 nitrogen and oxygen atoms in total. The van der Waals surface area contributed by atoms with Gasteiger partial charge in [0.25, 0.3) is 0 Å². The van der Waals surface area contributed by atoms with Crippen LogP contribution in [0.4, 0.5) is 11.6 Å². The summed E-state index contributed by atoms with van der Waals surface area (Å²) in [6, 6.07) is 2.39. The van der Waals surface area contributed by atoms with Crippen molar-refractivity contribution >= 4 is 11.6 Å². The number of fused-ring (bicyclic) bond motifs is 1. The number of nitrogens with two attached hydrogens (primary N) is 1. The molecule has 2 atom stereocenters. The first kappa shape index (κ1) is 13.6. The molecule has 2 unspecified atom stereocenters. The van der Waals surface area contributed by atoms with Gasteiger partial charge in [0, 0.05) is 19.0 Å². The molecule has 1 aliphatic heterocycles. The lowest BCUT2D eigenvalue weighted by atomic mass is 9.90. The second-order valence-electron chi connectivity index (χ2n) is 5.48. The Labute approximate surface area is 119 Å². The highest BCUT2D eigenvalue weighted by atomic mass is 16.5. The zero-order chi connectivity index (χ0) is 13.9. The lowest BCUT2D eigenvalue weighted by Crippen LogP contribution is -2.53. The number of ether oxygens (including phenoxy) is 1. The van der Waals surface area contributed by atoms with Crippen LogP contribution in [0.25, 0.3) is 0 Å². The fraction of sp³-hybridized carbons (Fsp3) is 0.714. The van der Waals surface area contributed by atoms with Crippen LogP contribution in [0.2, 0.25) is 0 Å². The Hall–Kier alpha value is -1.40. The molecular formula is C14H23N5O. The Bertz CT molecular complexity index is 443. The second kappa shape index (κ2) is 5.93. The van der Waals surface area contributed by atoms with Gasteiger partial charge in [0.15, 0.2) is 0 Å². The third-order valence-electron chi connectivity index (χ3n) is 4.25. The van der Waals surface area contributed by atoms with E-state index in [1.165, 1.54) is 19.3 Å². The number of aromatic nitrogens is 2. The molecule has 20 heavy (non-hydrogen) atoms. The molecule has 2 heterocycles. The normalized spacial score (nSPS) is 26.2. The summed E-state index contributed by atoms with van der Waals surface area (Å²) >= 11 is 0. The van der Waals surface area contributed by atoms with E-state index in [0.717, 1.165) is 37.6 Å². The summed E-state index contributed by atoms with van der Waals surface area (Å²) in [5, 5.41) is 0. The number of aryl methyl sites for hydroxylation is 1. The summed E-state index contributed by atoms with van der Waals surface area (Å²) < 4.78 is 5.92. The van der Waals surface area contributed by atoms with E-state index in [4.69, 9.17) is 10.6 Å². The molecule has 1 aromatic rings. The van der Waals surface area contributed by atoms with Crippen molar-refractivity contribution in [2.45, 2.75) is 51.2 Å². The van der Waals surface area contributed by atoms with Crippen LogP contribution in [-0.4, -0.2) is 35.3 Å². The van der Waals surface area contributed by atoms with Crippen LogP contribution in [-0.2, 0) is 11.2 Å². The highest BCUT2D eigenvalue weighted by Crippen LogP contribution is 2.31. The first-order chi connectivity index (χ1) is 9.81. The molecule has 0 amide bonds. The third-order valence-corrected chi connectivity index (χ3v) is 4.25. The van der Waals surface area contributed by atoms with Crippen LogP contribution in [0.5, 0.6) is 0 Å². The predicted molar refractivity (Wildman–Crippen MR) is 78.6 cm³/mol. The van der Waals surface area contributed by atoms with Gasteiger partial charge in [-0.1, -0.05) is 19.8 Å². The topological polar surface area (TPSA) is 76.3 Å². The second-order valence-corrected chi connectivity index (χ2v) is 5.48. The zero-order valence-corrected chi connectivity index (χ0v) is 12.0. The summed E-state index contributed by atoms with van der Waals surface area (Å²) in [6.07, 6.45) is 6.05. The maximum Gasteiger partial charge on any atom is 0.145 e. The molecular weight excluding hydrogens is 254 g/mol. The van der Waals surface area contributed by atoms with Gasteiger partial charge in [-0.15, -0.1) is 0 Å². The molecule has 2 fully saturated rings. The van der Waals surface area contributed by atoms with E-state index in [2.05, 4.69) is 27.2 Å². The van der Waals surface area contributed by atoms with Crippen LogP contribution >= 0.6 is 0 Å². The quantitative estimate of drug-likeness (QED) is 0.643. The van der Waals surface area contributed by atoms with Crippen molar-refractivity contribution in [3.05, 3.63) is 11.9 Å². The first-order valence-corrected chi connectivity index (χ1v) is 7.54. The van der Waals surface area contributed by atoms with E-state index in [0.29, 0.717) is 18.0 Å². The molecule has 1 saturated carbocycles. The summed E-state index contributed by atoms with van der Waals surface area (Å²) in [4.78, 5) is 11.4. The van der Waals surface area contributed by atoms with Crippen molar-refractivity contribution < 1.29 is 4.74 Å². The van der Waals surface area contributed by atoms with E-state index in [-0.39, 0.29) is 0 Å². The van der Waals surface area contributed by atoms with Crippen molar-refractivity contribution in [1.29, 1.82) is 0 Å². The van der Waals surface area contributed by atoms with Crippen molar-refractivity contribution in [3.8, 4) is 0 Å². The van der Waals surface area contributed by atoms with Crippen LogP contribution in [0, 0.1) is 0 Å². The standard InChI is InChI=1S/C14H23N5O/c1-2-12-16-13(18-15)9-14(17-12)19-7-8-20-11-6-4-3-5-10(11)19/h9-11H,2-8,15H2,1H3,(H,16,17,18). The van der Waals surface area contributed by atoms with E-state index >= 15 is 0 Å². The Balaban J connectivity index is 1.90. The number of hydrogen-bond donors (Lipinski definition) is 2. The number of nitrogens with one attached hydrogen (secondary N) is 1. The molecule has 0 spiro atoms. The number of rotatable bonds is 3. The van der Waals surface area contributed by atoms with Gasteiger partial charge in [-0.25, -0.2) is 15.8 Å². The summed E-state index contributed by atoms with van der Waals surface area (Å²) in [5.41, 5.74) is 2.64. The average molecular weight is 277 g/mol. The van der Waals surface area contributed by atoms with Gasteiger partial charge < -0.3 is 15.1 Å². The SMILES string of the molecule is CCc1nc(NN)cc(N2CCOC3CCCCC32)n1. The summed E-state index contributed by atoms with van der Waals surface area (Å²) in [7, 11) is 0. The molecule has 0 bridgehead atoms. The van der Waals surface area contributed by atoms with Crippen molar-refractivity contribution in [2.24, 2.45) is 5.84 Å². The fourth-order valence-corrected chi connectivity index (χ4v) is 3.24. The monoisotopic (exact) mass is 277 g/mol. The van der Waals surface area contributed by atoms with E-state index in [1.807, 2.05) is 6.07 Å². The lowest BCUT2D eigenvalue weighted by Gasteiger charge is -2.44. The van der Waals surface area contributed by atoms with Gasteiger partial charge >= 0.3 is 0 Å². The molecule has 1 saturated heterocycles. The van der Waals surface area contributed by atoms with Crippen LogP contribution < -0.4 is 16.2 Å². The Morgan fingerprint density at radius 1 is 1.40 bits per heavy atom. The van der Waals surface area contributed by atoms with Crippen LogP contribution in [0.3, 0.4) is 0 Å². The number of nitrogens with zero attached hydrogens (tertiary/aromatic N) is 3. The average Bonchev–Trinajstić information content (AvgIpc) is 2.53. The van der Waals surface area contributed by atoms with Crippen molar-refractivity contribution in [3.63, 3.8) is 0 Å². The molecule has 2 aliphatic rings. The van der Waals surface area contributed by atoms with Crippen LogP contribution in [0.15, 0.2) is 6.07 Å². The number of nitrogen functional groups attached to an aromatic ring is 1. The molecule has 0 radical (unpaired) electrons. The minimum absolute atomic E-state index is 0.354. The van der Waals surface area contributed by atoms with Gasteiger partial charge in [0.05, 0.1) is 18.8 Å². The zero-order valence-electron chi connectivity index (χ0n) is 12.0. The highest BCUT2D eigenvalue weighted by Gasteiger charge is 2.35. The number of hydrogen-bond acceptors (Lipinski definition) is 6. The minimum atomic E-state index is 0.354. The molecule has 1 aliphatic carbocycles. The van der Waals surface area contributed by atoms with Crippen molar-refractivity contribution in [2.75, 3.05) is 23.5 Å². The Morgan fingerprint density at radius 3 is 3.05 bits per heavy atom. The van der Waals surface area contributed by atoms with E-state index in [1.54, 1.807) is 0 Å². The van der Waals surface area contributed by atoms with Gasteiger partial charge in [-0.2, -0.15) is 0 Å². The maximum atomic E-state index is 5.92. The molecule has 1 aromatic heterocycles. The van der Waals surface area contributed by atoms with Gasteiger partial charge in [-0.3, -0.25) is 0 Å². The first-order valence-electron chi connectivity index (χ1n) is 7.54. The third kappa shape index (κ3) is 2.58.